The Balaban J connectivity index is 1.72. The van der Waals surface area contributed by atoms with Crippen LogP contribution in [0.3, 0.4) is 0 Å². The predicted molar refractivity (Wildman–Crippen MR) is 77.0 cm³/mol. The van der Waals surface area contributed by atoms with Crippen molar-refractivity contribution in [3.63, 3.8) is 0 Å². The van der Waals surface area contributed by atoms with E-state index in [4.69, 9.17) is 13.9 Å². The van der Waals surface area contributed by atoms with Crippen molar-refractivity contribution in [3.05, 3.63) is 17.8 Å². The summed E-state index contributed by atoms with van der Waals surface area (Å²) in [6.07, 6.45) is 6.17. The second kappa shape index (κ2) is 8.39. The van der Waals surface area contributed by atoms with Gasteiger partial charge in [0.2, 0.25) is 0 Å². The lowest BCUT2D eigenvalue weighted by molar-refractivity contribution is 0.0971. The monoisotopic (exact) mass is 282 g/mol. The van der Waals surface area contributed by atoms with Gasteiger partial charge in [0.1, 0.15) is 5.76 Å². The molecule has 2 heterocycles. The lowest BCUT2D eigenvalue weighted by Crippen LogP contribution is -2.20. The fraction of sp³-hybridized carbons (Fsp3) is 0.800. The predicted octanol–water partition coefficient (Wildman–Crippen LogP) is 2.13. The van der Waals surface area contributed by atoms with Gasteiger partial charge in [-0.25, -0.2) is 4.98 Å². The number of nitrogens with one attached hydrogen (secondary N) is 1. The number of nitrogens with zero attached hydrogens (tertiary/aromatic N) is 1. The average Bonchev–Trinajstić information content (AvgIpc) is 3.10. The average molecular weight is 282 g/mol. The van der Waals surface area contributed by atoms with Crippen molar-refractivity contribution in [1.82, 2.24) is 10.3 Å². The minimum atomic E-state index is 0.298. The zero-order valence-corrected chi connectivity index (χ0v) is 12.6. The molecule has 0 spiro atoms. The third-order valence-electron chi connectivity index (χ3n) is 3.78. The van der Waals surface area contributed by atoms with Crippen molar-refractivity contribution in [1.29, 1.82) is 0 Å². The summed E-state index contributed by atoms with van der Waals surface area (Å²) in [6.45, 7) is 5.61. The molecule has 0 amide bonds. The normalized spacial score (nSPS) is 22.5. The van der Waals surface area contributed by atoms with Crippen LogP contribution in [0.15, 0.2) is 10.6 Å². The molecule has 1 aliphatic rings. The second-order valence-electron chi connectivity index (χ2n) is 5.22. The SMILES string of the molecule is CCC1OCCC1c1cnc(CCCNCCOC)o1. The van der Waals surface area contributed by atoms with Gasteiger partial charge in [-0.05, 0) is 25.8 Å². The second-order valence-corrected chi connectivity index (χ2v) is 5.22. The van der Waals surface area contributed by atoms with Crippen LogP contribution in [0.5, 0.6) is 0 Å². The molecule has 1 N–H and O–H groups in total. The van der Waals surface area contributed by atoms with Gasteiger partial charge in [0.25, 0.3) is 0 Å². The summed E-state index contributed by atoms with van der Waals surface area (Å²) >= 11 is 0. The number of hydrogen-bond acceptors (Lipinski definition) is 5. The van der Waals surface area contributed by atoms with Gasteiger partial charge in [0, 0.05) is 32.6 Å². The summed E-state index contributed by atoms with van der Waals surface area (Å²) in [5.74, 6) is 2.23. The Kier molecular flexibility index (Phi) is 6.50. The van der Waals surface area contributed by atoms with Crippen molar-refractivity contribution >= 4 is 0 Å². The van der Waals surface area contributed by atoms with E-state index in [1.54, 1.807) is 7.11 Å². The van der Waals surface area contributed by atoms with Gasteiger partial charge in [0.05, 0.1) is 18.9 Å². The highest BCUT2D eigenvalue weighted by atomic mass is 16.5. The Labute approximate surface area is 121 Å². The minimum absolute atomic E-state index is 0.298. The van der Waals surface area contributed by atoms with Crippen LogP contribution in [0, 0.1) is 0 Å². The molecule has 0 aliphatic carbocycles. The molecule has 114 valence electrons. The molecule has 1 aromatic heterocycles. The quantitative estimate of drug-likeness (QED) is 0.703. The maximum absolute atomic E-state index is 5.88. The van der Waals surface area contributed by atoms with Crippen molar-refractivity contribution in [3.8, 4) is 0 Å². The number of rotatable bonds is 9. The minimum Gasteiger partial charge on any atom is -0.445 e. The fourth-order valence-corrected chi connectivity index (χ4v) is 2.65. The third kappa shape index (κ3) is 4.30. The van der Waals surface area contributed by atoms with Crippen LogP contribution in [0.2, 0.25) is 0 Å². The van der Waals surface area contributed by atoms with Crippen LogP contribution < -0.4 is 5.32 Å². The molecule has 20 heavy (non-hydrogen) atoms. The maximum Gasteiger partial charge on any atom is 0.194 e. The molecule has 1 fully saturated rings. The van der Waals surface area contributed by atoms with Gasteiger partial charge in [-0.2, -0.15) is 0 Å². The number of oxazole rings is 1. The van der Waals surface area contributed by atoms with Gasteiger partial charge >= 0.3 is 0 Å². The fourth-order valence-electron chi connectivity index (χ4n) is 2.65. The first-order valence-electron chi connectivity index (χ1n) is 7.61. The van der Waals surface area contributed by atoms with Crippen LogP contribution in [-0.4, -0.2) is 44.5 Å². The number of hydrogen-bond donors (Lipinski definition) is 1. The van der Waals surface area contributed by atoms with Crippen LogP contribution in [-0.2, 0) is 15.9 Å². The summed E-state index contributed by atoms with van der Waals surface area (Å²) < 4.78 is 16.6. The van der Waals surface area contributed by atoms with Crippen LogP contribution in [0.25, 0.3) is 0 Å². The maximum atomic E-state index is 5.88. The molecule has 1 aromatic rings. The number of ether oxygens (including phenoxy) is 2. The van der Waals surface area contributed by atoms with Crippen LogP contribution >= 0.6 is 0 Å². The molecule has 5 nitrogen and oxygen atoms in total. The summed E-state index contributed by atoms with van der Waals surface area (Å²) in [5.41, 5.74) is 0. The molecule has 0 aromatic carbocycles. The van der Waals surface area contributed by atoms with Gasteiger partial charge in [-0.1, -0.05) is 6.92 Å². The van der Waals surface area contributed by atoms with Crippen molar-refractivity contribution < 1.29 is 13.9 Å². The summed E-state index contributed by atoms with van der Waals surface area (Å²) in [5, 5.41) is 3.32. The molecule has 2 unspecified atom stereocenters. The Morgan fingerprint density at radius 1 is 1.45 bits per heavy atom. The number of methoxy groups -OCH3 is 1. The first kappa shape index (κ1) is 15.5. The Morgan fingerprint density at radius 3 is 3.15 bits per heavy atom. The topological polar surface area (TPSA) is 56.5 Å². The van der Waals surface area contributed by atoms with E-state index in [1.165, 1.54) is 0 Å². The molecule has 0 radical (unpaired) electrons. The van der Waals surface area contributed by atoms with E-state index in [9.17, 15) is 0 Å². The van der Waals surface area contributed by atoms with E-state index in [1.807, 2.05) is 6.20 Å². The molecule has 1 saturated heterocycles. The van der Waals surface area contributed by atoms with Crippen molar-refractivity contribution in [2.24, 2.45) is 0 Å². The largest absolute Gasteiger partial charge is 0.445 e. The molecule has 5 heteroatoms. The van der Waals surface area contributed by atoms with Crippen molar-refractivity contribution in [2.75, 3.05) is 33.4 Å². The lowest BCUT2D eigenvalue weighted by Gasteiger charge is -2.13. The van der Waals surface area contributed by atoms with Crippen LogP contribution in [0.1, 0.15) is 43.8 Å². The van der Waals surface area contributed by atoms with E-state index in [-0.39, 0.29) is 0 Å². The highest BCUT2D eigenvalue weighted by Gasteiger charge is 2.30. The summed E-state index contributed by atoms with van der Waals surface area (Å²) in [7, 11) is 1.71. The van der Waals surface area contributed by atoms with Crippen molar-refractivity contribution in [2.45, 2.75) is 44.6 Å². The highest BCUT2D eigenvalue weighted by molar-refractivity contribution is 5.06. The summed E-state index contributed by atoms with van der Waals surface area (Å²) in [4.78, 5) is 4.39. The van der Waals surface area contributed by atoms with E-state index in [2.05, 4.69) is 17.2 Å². The Bertz CT molecular complexity index is 381. The molecule has 0 saturated carbocycles. The molecule has 2 atom stereocenters. The highest BCUT2D eigenvalue weighted by Crippen LogP contribution is 2.33. The van der Waals surface area contributed by atoms with E-state index in [0.717, 1.165) is 63.6 Å². The molecular weight excluding hydrogens is 256 g/mol. The van der Waals surface area contributed by atoms with E-state index in [0.29, 0.717) is 12.0 Å². The first-order chi connectivity index (χ1) is 9.85. The van der Waals surface area contributed by atoms with Gasteiger partial charge < -0.3 is 19.2 Å². The molecule has 1 aliphatic heterocycles. The first-order valence-corrected chi connectivity index (χ1v) is 7.61. The Morgan fingerprint density at radius 2 is 2.35 bits per heavy atom. The molecular formula is C15H26N2O3. The van der Waals surface area contributed by atoms with Gasteiger partial charge in [-0.3, -0.25) is 0 Å². The van der Waals surface area contributed by atoms with E-state index < -0.39 is 0 Å². The zero-order chi connectivity index (χ0) is 14.2. The van der Waals surface area contributed by atoms with Crippen LogP contribution in [0.4, 0.5) is 0 Å². The number of aryl methyl sites for hydroxylation is 1. The standard InChI is InChI=1S/C15H26N2O3/c1-3-13-12(6-9-19-13)14-11-17-15(20-14)5-4-7-16-8-10-18-2/h11-13,16H,3-10H2,1-2H3. The van der Waals surface area contributed by atoms with Gasteiger partial charge in [0.15, 0.2) is 5.89 Å². The number of aromatic nitrogens is 1. The lowest BCUT2D eigenvalue weighted by atomic mass is 9.97. The van der Waals surface area contributed by atoms with E-state index >= 15 is 0 Å². The molecule has 0 bridgehead atoms. The molecule has 2 rings (SSSR count). The smallest absolute Gasteiger partial charge is 0.194 e. The third-order valence-corrected chi connectivity index (χ3v) is 3.78. The zero-order valence-electron chi connectivity index (χ0n) is 12.6. The summed E-state index contributed by atoms with van der Waals surface area (Å²) in [6, 6.07) is 0. The van der Waals surface area contributed by atoms with Gasteiger partial charge in [-0.15, -0.1) is 0 Å². The Hall–Kier alpha value is -0.910.